The van der Waals surface area contributed by atoms with Crippen molar-refractivity contribution in [2.24, 2.45) is 5.92 Å². The van der Waals surface area contributed by atoms with Crippen LogP contribution in [0.2, 0.25) is 0 Å². The van der Waals surface area contributed by atoms with E-state index in [1.54, 1.807) is 55.5 Å². The lowest BCUT2D eigenvalue weighted by Crippen LogP contribution is -2.45. The maximum Gasteiger partial charge on any atom is 0.306 e. The Labute approximate surface area is 169 Å². The van der Waals surface area contributed by atoms with Crippen molar-refractivity contribution in [2.45, 2.75) is 31.7 Å². The van der Waals surface area contributed by atoms with Gasteiger partial charge in [-0.2, -0.15) is 0 Å². The molecule has 0 saturated heterocycles. The largest absolute Gasteiger partial charge is 0.497 e. The highest BCUT2D eigenvalue weighted by atomic mass is 16.5. The van der Waals surface area contributed by atoms with Crippen LogP contribution in [0.5, 0.6) is 5.75 Å². The normalized spacial score (nSPS) is 15.1. The van der Waals surface area contributed by atoms with E-state index in [9.17, 15) is 19.5 Å². The smallest absolute Gasteiger partial charge is 0.306 e. The second-order valence-corrected chi connectivity index (χ2v) is 7.43. The molecule has 7 nitrogen and oxygen atoms in total. The summed E-state index contributed by atoms with van der Waals surface area (Å²) in [5, 5.41) is 15.0. The molecule has 3 rings (SSSR count). The quantitative estimate of drug-likeness (QED) is 0.636. The summed E-state index contributed by atoms with van der Waals surface area (Å²) < 4.78 is 5.22. The Morgan fingerprint density at radius 3 is 2.41 bits per heavy atom. The van der Waals surface area contributed by atoms with E-state index in [4.69, 9.17) is 4.74 Å². The van der Waals surface area contributed by atoms with Gasteiger partial charge >= 0.3 is 5.97 Å². The first-order valence-electron chi connectivity index (χ1n) is 9.40. The van der Waals surface area contributed by atoms with Crippen LogP contribution in [-0.2, 0) is 15.1 Å². The number of carbonyl (C=O) groups is 3. The van der Waals surface area contributed by atoms with E-state index in [1.807, 2.05) is 0 Å². The number of carboxylic acid groups (broad SMARTS) is 1. The molecule has 29 heavy (non-hydrogen) atoms. The van der Waals surface area contributed by atoms with Crippen LogP contribution in [0.3, 0.4) is 0 Å². The lowest BCUT2D eigenvalue weighted by atomic mass is 9.88. The van der Waals surface area contributed by atoms with Crippen molar-refractivity contribution >= 4 is 23.5 Å². The van der Waals surface area contributed by atoms with Crippen molar-refractivity contribution in [1.82, 2.24) is 5.32 Å². The molecule has 7 heteroatoms. The fourth-order valence-corrected chi connectivity index (χ4v) is 3.10. The Morgan fingerprint density at radius 2 is 1.83 bits per heavy atom. The minimum Gasteiger partial charge on any atom is -0.497 e. The molecule has 0 aliphatic heterocycles. The van der Waals surface area contributed by atoms with E-state index >= 15 is 0 Å². The summed E-state index contributed by atoms with van der Waals surface area (Å²) in [6, 6.07) is 13.5. The first-order valence-corrected chi connectivity index (χ1v) is 9.40. The Bertz CT molecular complexity index is 921. The summed E-state index contributed by atoms with van der Waals surface area (Å²) in [6.07, 6.45) is 1.54. The number of nitrogens with one attached hydrogen (secondary N) is 2. The molecule has 0 aromatic heterocycles. The van der Waals surface area contributed by atoms with Gasteiger partial charge in [0, 0.05) is 17.2 Å². The van der Waals surface area contributed by atoms with Crippen LogP contribution in [0.25, 0.3) is 0 Å². The van der Waals surface area contributed by atoms with Crippen molar-refractivity contribution in [3.63, 3.8) is 0 Å². The minimum absolute atomic E-state index is 0.00532. The SMILES string of the molecule is COc1cccc(C(C)(CC(=O)O)NC(=O)c2ccc(NC(=O)C3CC3)cc2)c1. The van der Waals surface area contributed by atoms with Gasteiger partial charge in [0.1, 0.15) is 5.75 Å². The zero-order valence-corrected chi connectivity index (χ0v) is 16.4. The number of hydrogen-bond donors (Lipinski definition) is 3. The second-order valence-electron chi connectivity index (χ2n) is 7.43. The van der Waals surface area contributed by atoms with E-state index < -0.39 is 17.4 Å². The summed E-state index contributed by atoms with van der Waals surface area (Å²) >= 11 is 0. The fourth-order valence-electron chi connectivity index (χ4n) is 3.10. The van der Waals surface area contributed by atoms with Gasteiger partial charge in [0.15, 0.2) is 0 Å². The number of anilines is 1. The van der Waals surface area contributed by atoms with E-state index in [2.05, 4.69) is 10.6 Å². The molecule has 1 unspecified atom stereocenters. The average Bonchev–Trinajstić information content (AvgIpc) is 3.53. The molecule has 2 aromatic carbocycles. The average molecular weight is 396 g/mol. The maximum atomic E-state index is 12.8. The number of carboxylic acids is 1. The molecule has 152 valence electrons. The summed E-state index contributed by atoms with van der Waals surface area (Å²) in [5.41, 5.74) is 0.491. The number of aliphatic carboxylic acids is 1. The van der Waals surface area contributed by atoms with Gasteiger partial charge in [-0.25, -0.2) is 0 Å². The van der Waals surface area contributed by atoms with Crippen LogP contribution in [0.4, 0.5) is 5.69 Å². The zero-order chi connectivity index (χ0) is 21.0. The molecule has 1 aliphatic carbocycles. The lowest BCUT2D eigenvalue weighted by molar-refractivity contribution is -0.138. The van der Waals surface area contributed by atoms with Crippen LogP contribution >= 0.6 is 0 Å². The fraction of sp³-hybridized carbons (Fsp3) is 0.318. The zero-order valence-electron chi connectivity index (χ0n) is 16.4. The monoisotopic (exact) mass is 396 g/mol. The molecule has 0 spiro atoms. The Hall–Kier alpha value is -3.35. The molecule has 0 radical (unpaired) electrons. The van der Waals surface area contributed by atoms with Gasteiger partial charge in [-0.1, -0.05) is 12.1 Å². The van der Waals surface area contributed by atoms with Crippen molar-refractivity contribution in [2.75, 3.05) is 12.4 Å². The Morgan fingerprint density at radius 1 is 1.14 bits per heavy atom. The van der Waals surface area contributed by atoms with E-state index in [1.165, 1.54) is 7.11 Å². The van der Waals surface area contributed by atoms with Crippen LogP contribution in [0.1, 0.15) is 42.1 Å². The molecule has 3 N–H and O–H groups in total. The van der Waals surface area contributed by atoms with Crippen LogP contribution < -0.4 is 15.4 Å². The van der Waals surface area contributed by atoms with Crippen LogP contribution in [-0.4, -0.2) is 30.0 Å². The molecule has 2 amide bonds. The molecule has 2 aromatic rings. The Balaban J connectivity index is 1.77. The van der Waals surface area contributed by atoms with E-state index in [0.29, 0.717) is 22.6 Å². The number of benzene rings is 2. The summed E-state index contributed by atoms with van der Waals surface area (Å²) in [5.74, 6) is -0.777. The predicted molar refractivity (Wildman–Crippen MR) is 108 cm³/mol. The van der Waals surface area contributed by atoms with Crippen LogP contribution in [0.15, 0.2) is 48.5 Å². The van der Waals surface area contributed by atoms with E-state index in [-0.39, 0.29) is 18.2 Å². The summed E-state index contributed by atoms with van der Waals surface area (Å²) in [4.78, 5) is 36.1. The lowest BCUT2D eigenvalue weighted by Gasteiger charge is -2.30. The van der Waals surface area contributed by atoms with Gasteiger partial charge in [-0.3, -0.25) is 14.4 Å². The third-order valence-electron chi connectivity index (χ3n) is 4.96. The Kier molecular flexibility index (Phi) is 5.87. The molecule has 1 atom stereocenters. The highest BCUT2D eigenvalue weighted by Crippen LogP contribution is 2.30. The third kappa shape index (κ3) is 5.13. The van der Waals surface area contributed by atoms with Gasteiger partial charge in [0.2, 0.25) is 5.91 Å². The molecular weight excluding hydrogens is 372 g/mol. The number of methoxy groups -OCH3 is 1. The number of hydrogen-bond acceptors (Lipinski definition) is 4. The first kappa shape index (κ1) is 20.4. The third-order valence-corrected chi connectivity index (χ3v) is 4.96. The van der Waals surface area contributed by atoms with Crippen molar-refractivity contribution in [1.29, 1.82) is 0 Å². The number of ether oxygens (including phenoxy) is 1. The van der Waals surface area contributed by atoms with Gasteiger partial charge < -0.3 is 20.5 Å². The highest BCUT2D eigenvalue weighted by molar-refractivity contribution is 5.97. The molecule has 0 bridgehead atoms. The second kappa shape index (κ2) is 8.34. The highest BCUT2D eigenvalue weighted by Gasteiger charge is 2.32. The number of rotatable bonds is 8. The maximum absolute atomic E-state index is 12.8. The molecule has 1 aliphatic rings. The molecule has 1 saturated carbocycles. The molecular formula is C22H24N2O5. The van der Waals surface area contributed by atoms with E-state index in [0.717, 1.165) is 12.8 Å². The number of carbonyl (C=O) groups excluding carboxylic acids is 2. The predicted octanol–water partition coefficient (Wildman–Crippen LogP) is 3.16. The van der Waals surface area contributed by atoms with Gasteiger partial charge in [0.05, 0.1) is 19.1 Å². The van der Waals surface area contributed by atoms with Gasteiger partial charge in [-0.15, -0.1) is 0 Å². The van der Waals surface area contributed by atoms with Crippen LogP contribution in [0, 0.1) is 5.92 Å². The first-order chi connectivity index (χ1) is 13.8. The topological polar surface area (TPSA) is 105 Å². The summed E-state index contributed by atoms with van der Waals surface area (Å²) in [7, 11) is 1.52. The van der Waals surface area contributed by atoms with Gasteiger partial charge in [-0.05, 0) is 61.7 Å². The minimum atomic E-state index is -1.13. The van der Waals surface area contributed by atoms with Crippen molar-refractivity contribution in [3.05, 3.63) is 59.7 Å². The molecule has 0 heterocycles. The summed E-state index contributed by atoms with van der Waals surface area (Å²) in [6.45, 7) is 1.66. The van der Waals surface area contributed by atoms with Gasteiger partial charge in [0.25, 0.3) is 5.91 Å². The molecule has 1 fully saturated rings. The van der Waals surface area contributed by atoms with Crippen molar-refractivity contribution in [3.8, 4) is 5.75 Å². The number of amides is 2. The van der Waals surface area contributed by atoms with Crippen molar-refractivity contribution < 1.29 is 24.2 Å². The standard InChI is InChI=1S/C22H24N2O5/c1-22(13-19(25)26,16-4-3-5-18(12-16)29-2)24-21(28)15-8-10-17(11-9-15)23-20(27)14-6-7-14/h3-5,8-12,14H,6-7,13H2,1-2H3,(H,23,27)(H,24,28)(H,25,26).